The van der Waals surface area contributed by atoms with E-state index in [9.17, 15) is 9.59 Å². The summed E-state index contributed by atoms with van der Waals surface area (Å²) in [6, 6.07) is 0. The molecule has 0 aliphatic carbocycles. The number of hydrogen-bond donors (Lipinski definition) is 1. The van der Waals surface area contributed by atoms with Crippen LogP contribution in [0, 0.1) is 20.8 Å². The largest absolute Gasteiger partial charge is 0.480 e. The van der Waals surface area contributed by atoms with Gasteiger partial charge in [0, 0.05) is 12.5 Å². The van der Waals surface area contributed by atoms with Crippen molar-refractivity contribution in [3.63, 3.8) is 0 Å². The number of esters is 2. The first kappa shape index (κ1) is 21.2. The van der Waals surface area contributed by atoms with Crippen molar-refractivity contribution in [2.24, 2.45) is 0 Å². The Hall–Kier alpha value is -2.15. The number of benzene rings is 1. The standard InChI is InChI=1S/C20H27NO5S/c1-7-24-16(23)10-21-19(27)20(6)9-8-15-13(4)17(25-14(5)22)11(2)12(3)18(15)26-20/h7-10H2,1-6H3,(H,21,27). The molecule has 0 fully saturated rings. The lowest BCUT2D eigenvalue weighted by atomic mass is 9.87. The maximum absolute atomic E-state index is 11.6. The summed E-state index contributed by atoms with van der Waals surface area (Å²) in [5.41, 5.74) is 3.01. The van der Waals surface area contributed by atoms with Gasteiger partial charge in [-0.2, -0.15) is 0 Å². The summed E-state index contributed by atoms with van der Waals surface area (Å²) in [6.07, 6.45) is 1.38. The van der Waals surface area contributed by atoms with Crippen molar-refractivity contribution in [3.8, 4) is 11.5 Å². The predicted molar refractivity (Wildman–Crippen MR) is 107 cm³/mol. The van der Waals surface area contributed by atoms with Crippen LogP contribution in [0.3, 0.4) is 0 Å². The van der Waals surface area contributed by atoms with Crippen LogP contribution in [-0.2, 0) is 20.7 Å². The van der Waals surface area contributed by atoms with E-state index in [0.717, 1.165) is 34.4 Å². The Labute approximate surface area is 165 Å². The Morgan fingerprint density at radius 3 is 2.48 bits per heavy atom. The van der Waals surface area contributed by atoms with Crippen molar-refractivity contribution in [1.29, 1.82) is 0 Å². The van der Waals surface area contributed by atoms with Gasteiger partial charge in [-0.25, -0.2) is 0 Å². The molecule has 1 unspecified atom stereocenters. The van der Waals surface area contributed by atoms with Gasteiger partial charge in [-0.05, 0) is 64.2 Å². The summed E-state index contributed by atoms with van der Waals surface area (Å²) in [5.74, 6) is 0.684. The summed E-state index contributed by atoms with van der Waals surface area (Å²) >= 11 is 5.50. The molecule has 6 nitrogen and oxygen atoms in total. The number of carbonyl (C=O) groups excluding carboxylic acids is 2. The zero-order chi connectivity index (χ0) is 20.4. The van der Waals surface area contributed by atoms with Gasteiger partial charge in [0.15, 0.2) is 5.60 Å². The topological polar surface area (TPSA) is 73.9 Å². The lowest BCUT2D eigenvalue weighted by Gasteiger charge is -2.38. The van der Waals surface area contributed by atoms with Gasteiger partial charge in [0.25, 0.3) is 0 Å². The maximum atomic E-state index is 11.6. The van der Waals surface area contributed by atoms with E-state index in [2.05, 4.69) is 5.32 Å². The third kappa shape index (κ3) is 4.40. The van der Waals surface area contributed by atoms with Gasteiger partial charge in [-0.3, -0.25) is 9.59 Å². The molecule has 0 bridgehead atoms. The van der Waals surface area contributed by atoms with Crippen LogP contribution in [-0.4, -0.2) is 35.7 Å². The van der Waals surface area contributed by atoms with E-state index < -0.39 is 5.60 Å². The Kier molecular flexibility index (Phi) is 6.46. The second-order valence-electron chi connectivity index (χ2n) is 6.93. The molecule has 27 heavy (non-hydrogen) atoms. The van der Waals surface area contributed by atoms with Crippen molar-refractivity contribution in [2.45, 2.75) is 60.0 Å². The zero-order valence-electron chi connectivity index (χ0n) is 16.8. The molecule has 1 N–H and O–H groups in total. The third-order valence-electron chi connectivity index (χ3n) is 4.92. The minimum Gasteiger partial charge on any atom is -0.480 e. The van der Waals surface area contributed by atoms with E-state index in [1.807, 2.05) is 27.7 Å². The molecule has 0 amide bonds. The smallest absolute Gasteiger partial charge is 0.325 e. The molecule has 0 radical (unpaired) electrons. The van der Waals surface area contributed by atoms with Crippen molar-refractivity contribution >= 4 is 29.1 Å². The number of thiocarbonyl (C=S) groups is 1. The number of carbonyl (C=O) groups is 2. The predicted octanol–water partition coefficient (Wildman–Crippen LogP) is 3.10. The van der Waals surface area contributed by atoms with Crippen molar-refractivity contribution in [2.75, 3.05) is 13.2 Å². The van der Waals surface area contributed by atoms with Crippen LogP contribution in [0.25, 0.3) is 0 Å². The van der Waals surface area contributed by atoms with Gasteiger partial charge in [0.2, 0.25) is 0 Å². The molecule has 0 spiro atoms. The molecule has 0 aromatic heterocycles. The highest BCUT2D eigenvalue weighted by atomic mass is 32.1. The SMILES string of the molecule is CCOC(=O)CNC(=S)C1(C)CCc2c(C)c(OC(C)=O)c(C)c(C)c2O1. The number of rotatable bonds is 5. The van der Waals surface area contributed by atoms with E-state index in [-0.39, 0.29) is 18.5 Å². The highest BCUT2D eigenvalue weighted by Crippen LogP contribution is 2.44. The van der Waals surface area contributed by atoms with Crippen LogP contribution in [0.5, 0.6) is 11.5 Å². The van der Waals surface area contributed by atoms with E-state index in [4.69, 9.17) is 26.4 Å². The molecule has 1 atom stereocenters. The van der Waals surface area contributed by atoms with E-state index >= 15 is 0 Å². The summed E-state index contributed by atoms with van der Waals surface area (Å²) in [6.45, 7) is 11.2. The van der Waals surface area contributed by atoms with Crippen LogP contribution in [0.2, 0.25) is 0 Å². The molecule has 148 valence electrons. The molecule has 1 heterocycles. The third-order valence-corrected chi connectivity index (χ3v) is 5.49. The second kappa shape index (κ2) is 8.25. The van der Waals surface area contributed by atoms with Crippen LogP contribution in [0.1, 0.15) is 49.4 Å². The van der Waals surface area contributed by atoms with E-state index in [1.54, 1.807) is 6.92 Å². The van der Waals surface area contributed by atoms with Crippen LogP contribution in [0.15, 0.2) is 0 Å². The molecule has 1 aliphatic heterocycles. The van der Waals surface area contributed by atoms with Gasteiger partial charge < -0.3 is 19.5 Å². The Bertz CT molecular complexity index is 789. The molecule has 0 saturated carbocycles. The summed E-state index contributed by atoms with van der Waals surface area (Å²) in [7, 11) is 0. The van der Waals surface area contributed by atoms with Crippen molar-refractivity contribution in [3.05, 3.63) is 22.3 Å². The highest BCUT2D eigenvalue weighted by molar-refractivity contribution is 7.80. The average molecular weight is 394 g/mol. The minimum atomic E-state index is -0.721. The van der Waals surface area contributed by atoms with Gasteiger partial charge in [0.05, 0.1) is 6.61 Å². The Morgan fingerprint density at radius 2 is 1.89 bits per heavy atom. The number of hydrogen-bond acceptors (Lipinski definition) is 6. The molecule has 1 aromatic rings. The summed E-state index contributed by atoms with van der Waals surface area (Å²) < 4.78 is 16.7. The second-order valence-corrected chi connectivity index (χ2v) is 7.33. The Morgan fingerprint density at radius 1 is 1.22 bits per heavy atom. The fourth-order valence-corrected chi connectivity index (χ4v) is 3.46. The maximum Gasteiger partial charge on any atom is 0.325 e. The summed E-state index contributed by atoms with van der Waals surface area (Å²) in [4.78, 5) is 23.5. The van der Waals surface area contributed by atoms with Crippen molar-refractivity contribution in [1.82, 2.24) is 5.32 Å². The minimum absolute atomic E-state index is 0.0148. The molecular weight excluding hydrogens is 366 g/mol. The van der Waals surface area contributed by atoms with Crippen LogP contribution in [0.4, 0.5) is 0 Å². The Balaban J connectivity index is 2.28. The van der Waals surface area contributed by atoms with Crippen LogP contribution < -0.4 is 14.8 Å². The van der Waals surface area contributed by atoms with Gasteiger partial charge >= 0.3 is 11.9 Å². The number of fused-ring (bicyclic) bond motifs is 1. The molecule has 1 aromatic carbocycles. The molecule has 7 heteroatoms. The lowest BCUT2D eigenvalue weighted by molar-refractivity contribution is -0.141. The molecule has 2 rings (SSSR count). The fourth-order valence-electron chi connectivity index (χ4n) is 3.24. The van der Waals surface area contributed by atoms with E-state index in [1.165, 1.54) is 6.92 Å². The lowest BCUT2D eigenvalue weighted by Crippen LogP contribution is -2.51. The van der Waals surface area contributed by atoms with E-state index in [0.29, 0.717) is 23.8 Å². The average Bonchev–Trinajstić information content (AvgIpc) is 2.61. The normalized spacial score (nSPS) is 18.1. The highest BCUT2D eigenvalue weighted by Gasteiger charge is 2.38. The summed E-state index contributed by atoms with van der Waals surface area (Å²) in [5, 5.41) is 2.96. The van der Waals surface area contributed by atoms with Gasteiger partial charge in [0.1, 0.15) is 23.0 Å². The number of ether oxygens (including phenoxy) is 3. The number of nitrogens with one attached hydrogen (secondary N) is 1. The monoisotopic (exact) mass is 393 g/mol. The van der Waals surface area contributed by atoms with Gasteiger partial charge in [-0.15, -0.1) is 0 Å². The quantitative estimate of drug-likeness (QED) is 0.468. The first-order valence-electron chi connectivity index (χ1n) is 9.04. The van der Waals surface area contributed by atoms with Crippen molar-refractivity contribution < 1.29 is 23.8 Å². The fraction of sp³-hybridized carbons (Fsp3) is 0.550. The molecular formula is C20H27NO5S. The molecule has 0 saturated heterocycles. The zero-order valence-corrected chi connectivity index (χ0v) is 17.6. The first-order chi connectivity index (χ1) is 12.6. The molecule has 1 aliphatic rings. The first-order valence-corrected chi connectivity index (χ1v) is 9.45. The van der Waals surface area contributed by atoms with Gasteiger partial charge in [-0.1, -0.05) is 12.2 Å². The van der Waals surface area contributed by atoms with Crippen LogP contribution >= 0.6 is 12.2 Å².